The molecule has 1 amide bonds. The molecule has 1 fully saturated rings. The highest BCUT2D eigenvalue weighted by Crippen LogP contribution is 2.26. The van der Waals surface area contributed by atoms with Crippen LogP contribution < -0.4 is 4.90 Å². The van der Waals surface area contributed by atoms with Gasteiger partial charge < -0.3 is 10.0 Å². The summed E-state index contributed by atoms with van der Waals surface area (Å²) in [4.78, 5) is 13.0. The van der Waals surface area contributed by atoms with E-state index in [1.165, 1.54) is 4.90 Å². The van der Waals surface area contributed by atoms with Crippen LogP contribution in [0, 0.1) is 11.3 Å². The number of aliphatic hydroxyl groups excluding tert-OH is 1. The minimum atomic E-state index is -0.610. The van der Waals surface area contributed by atoms with Crippen LogP contribution >= 0.6 is 15.9 Å². The minimum Gasteiger partial charge on any atom is -0.391 e. The van der Waals surface area contributed by atoms with E-state index < -0.39 is 6.10 Å². The molecule has 0 saturated carbocycles. The van der Waals surface area contributed by atoms with Crippen molar-refractivity contribution in [1.82, 2.24) is 0 Å². The number of hydrogen-bond donors (Lipinski definition) is 1. The third-order valence-electron chi connectivity index (χ3n) is 2.49. The molecular weight excluding hydrogens is 272 g/mol. The molecule has 82 valence electrons. The van der Waals surface area contributed by atoms with E-state index in [1.54, 1.807) is 18.2 Å². The summed E-state index contributed by atoms with van der Waals surface area (Å²) in [6, 6.07) is 7.16. The number of halogens is 1. The van der Waals surface area contributed by atoms with Crippen molar-refractivity contribution in [2.24, 2.45) is 0 Å². The Kier molecular flexibility index (Phi) is 2.95. The van der Waals surface area contributed by atoms with Crippen molar-refractivity contribution in [3.05, 3.63) is 28.2 Å². The first-order valence-electron chi connectivity index (χ1n) is 4.80. The maximum atomic E-state index is 11.5. The second-order valence-corrected chi connectivity index (χ2v) is 4.49. The van der Waals surface area contributed by atoms with Crippen LogP contribution in [0.15, 0.2) is 22.7 Å². The topological polar surface area (TPSA) is 64.3 Å². The number of carbonyl (C=O) groups excluding carboxylic acids is 1. The molecule has 1 aliphatic heterocycles. The van der Waals surface area contributed by atoms with Crippen molar-refractivity contribution >= 4 is 27.5 Å². The molecule has 0 aliphatic carbocycles. The summed E-state index contributed by atoms with van der Waals surface area (Å²) in [6.45, 7) is 0.297. The molecule has 2 rings (SSSR count). The summed E-state index contributed by atoms with van der Waals surface area (Å²) < 4.78 is 0.700. The fourth-order valence-corrected chi connectivity index (χ4v) is 2.04. The van der Waals surface area contributed by atoms with Gasteiger partial charge in [-0.25, -0.2) is 0 Å². The molecule has 0 radical (unpaired) electrons. The summed E-state index contributed by atoms with van der Waals surface area (Å²) in [6.07, 6.45) is -0.459. The lowest BCUT2D eigenvalue weighted by molar-refractivity contribution is -0.117. The molecule has 1 N–H and O–H groups in total. The number of carbonyl (C=O) groups is 1. The number of nitriles is 1. The van der Waals surface area contributed by atoms with Gasteiger partial charge in [-0.1, -0.05) is 0 Å². The van der Waals surface area contributed by atoms with E-state index >= 15 is 0 Å². The van der Waals surface area contributed by atoms with Crippen LogP contribution in [-0.2, 0) is 4.79 Å². The van der Waals surface area contributed by atoms with E-state index in [2.05, 4.69) is 15.9 Å². The highest BCUT2D eigenvalue weighted by Gasteiger charge is 2.29. The summed E-state index contributed by atoms with van der Waals surface area (Å²) >= 11 is 3.25. The Labute approximate surface area is 101 Å². The Balaban J connectivity index is 2.35. The fourth-order valence-electron chi connectivity index (χ4n) is 1.71. The smallest absolute Gasteiger partial charge is 0.229 e. The summed E-state index contributed by atoms with van der Waals surface area (Å²) in [5.41, 5.74) is 1.13. The summed E-state index contributed by atoms with van der Waals surface area (Å²) in [7, 11) is 0. The molecule has 16 heavy (non-hydrogen) atoms. The third kappa shape index (κ3) is 1.94. The molecule has 0 spiro atoms. The van der Waals surface area contributed by atoms with Gasteiger partial charge in [-0.2, -0.15) is 5.26 Å². The number of rotatable bonds is 1. The van der Waals surface area contributed by atoms with Crippen LogP contribution in [0.2, 0.25) is 0 Å². The minimum absolute atomic E-state index is 0.112. The Bertz CT molecular complexity index is 481. The molecule has 5 heteroatoms. The first-order valence-corrected chi connectivity index (χ1v) is 5.59. The van der Waals surface area contributed by atoms with Crippen molar-refractivity contribution in [1.29, 1.82) is 5.26 Å². The van der Waals surface area contributed by atoms with Gasteiger partial charge in [0.2, 0.25) is 5.91 Å². The van der Waals surface area contributed by atoms with Crippen molar-refractivity contribution in [2.45, 2.75) is 12.5 Å². The SMILES string of the molecule is N#Cc1cc(N2CC(O)CC2=O)ccc1Br. The van der Waals surface area contributed by atoms with Crippen molar-refractivity contribution in [3.8, 4) is 6.07 Å². The van der Waals surface area contributed by atoms with Gasteiger partial charge in [-0.15, -0.1) is 0 Å². The van der Waals surface area contributed by atoms with E-state index in [-0.39, 0.29) is 12.3 Å². The van der Waals surface area contributed by atoms with Crippen LogP contribution in [0.4, 0.5) is 5.69 Å². The lowest BCUT2D eigenvalue weighted by atomic mass is 10.2. The number of anilines is 1. The van der Waals surface area contributed by atoms with Gasteiger partial charge in [0, 0.05) is 10.2 Å². The first kappa shape index (κ1) is 11.1. The van der Waals surface area contributed by atoms with E-state index in [0.29, 0.717) is 22.3 Å². The van der Waals surface area contributed by atoms with Crippen molar-refractivity contribution in [2.75, 3.05) is 11.4 Å². The van der Waals surface area contributed by atoms with E-state index in [9.17, 15) is 9.90 Å². The van der Waals surface area contributed by atoms with Gasteiger partial charge >= 0.3 is 0 Å². The van der Waals surface area contributed by atoms with Crippen molar-refractivity contribution < 1.29 is 9.90 Å². The largest absolute Gasteiger partial charge is 0.391 e. The Morgan fingerprint density at radius 2 is 2.31 bits per heavy atom. The maximum Gasteiger partial charge on any atom is 0.229 e. The molecule has 1 atom stereocenters. The monoisotopic (exact) mass is 280 g/mol. The second-order valence-electron chi connectivity index (χ2n) is 3.64. The van der Waals surface area contributed by atoms with E-state index in [1.807, 2.05) is 6.07 Å². The number of amides is 1. The number of aliphatic hydroxyl groups is 1. The van der Waals surface area contributed by atoms with Crippen molar-refractivity contribution in [3.63, 3.8) is 0 Å². The van der Waals surface area contributed by atoms with Gasteiger partial charge in [0.25, 0.3) is 0 Å². The number of hydrogen-bond acceptors (Lipinski definition) is 3. The lowest BCUT2D eigenvalue weighted by Crippen LogP contribution is -2.25. The van der Waals surface area contributed by atoms with Crippen LogP contribution in [-0.4, -0.2) is 23.7 Å². The molecular formula is C11H9BrN2O2. The number of benzene rings is 1. The normalized spacial score (nSPS) is 19.9. The predicted octanol–water partition coefficient (Wildman–Crippen LogP) is 1.42. The molecule has 1 unspecified atom stereocenters. The van der Waals surface area contributed by atoms with Gasteiger partial charge in [-0.05, 0) is 34.1 Å². The standard InChI is InChI=1S/C11H9BrN2O2/c12-10-2-1-8(3-7(10)5-13)14-6-9(15)4-11(14)16/h1-3,9,15H,4,6H2. The highest BCUT2D eigenvalue weighted by molar-refractivity contribution is 9.10. The molecule has 1 aromatic rings. The average Bonchev–Trinajstić information content (AvgIpc) is 2.59. The quantitative estimate of drug-likeness (QED) is 0.846. The zero-order chi connectivity index (χ0) is 11.7. The molecule has 1 aliphatic rings. The lowest BCUT2D eigenvalue weighted by Gasteiger charge is -2.16. The van der Waals surface area contributed by atoms with Gasteiger partial charge in [0.15, 0.2) is 0 Å². The van der Waals surface area contributed by atoms with Gasteiger partial charge in [0.05, 0.1) is 24.6 Å². The molecule has 4 nitrogen and oxygen atoms in total. The second kappa shape index (κ2) is 4.24. The van der Waals surface area contributed by atoms with E-state index in [4.69, 9.17) is 5.26 Å². The first-order chi connectivity index (χ1) is 7.61. The zero-order valence-corrected chi connectivity index (χ0v) is 9.94. The Morgan fingerprint density at radius 3 is 2.88 bits per heavy atom. The van der Waals surface area contributed by atoms with Gasteiger partial charge in [-0.3, -0.25) is 4.79 Å². The van der Waals surface area contributed by atoms with Gasteiger partial charge in [0.1, 0.15) is 6.07 Å². The summed E-state index contributed by atoms with van der Waals surface area (Å²) in [5, 5.41) is 18.2. The molecule has 1 saturated heterocycles. The third-order valence-corrected chi connectivity index (χ3v) is 3.18. The Morgan fingerprint density at radius 1 is 1.56 bits per heavy atom. The molecule has 1 heterocycles. The predicted molar refractivity (Wildman–Crippen MR) is 61.8 cm³/mol. The summed E-state index contributed by atoms with van der Waals surface area (Å²) in [5.74, 6) is -0.112. The Hall–Kier alpha value is -1.38. The molecule has 0 aromatic heterocycles. The number of β-amino-alcohol motifs (C(OH)–C–C–N with tert-alkyl or cyclic N) is 1. The molecule has 0 bridgehead atoms. The average molecular weight is 281 g/mol. The molecule has 1 aromatic carbocycles. The maximum absolute atomic E-state index is 11.5. The fraction of sp³-hybridized carbons (Fsp3) is 0.273. The van der Waals surface area contributed by atoms with Crippen LogP contribution in [0.5, 0.6) is 0 Å². The van der Waals surface area contributed by atoms with Crippen LogP contribution in [0.25, 0.3) is 0 Å². The van der Waals surface area contributed by atoms with E-state index in [0.717, 1.165) is 0 Å². The van der Waals surface area contributed by atoms with Crippen LogP contribution in [0.3, 0.4) is 0 Å². The van der Waals surface area contributed by atoms with Crippen LogP contribution in [0.1, 0.15) is 12.0 Å². The number of nitrogens with zero attached hydrogens (tertiary/aromatic N) is 2. The highest BCUT2D eigenvalue weighted by atomic mass is 79.9. The zero-order valence-electron chi connectivity index (χ0n) is 8.35.